The number of hydrogen-bond acceptors (Lipinski definition) is 2. The molecular formula is C15H23N3O. The zero-order valence-corrected chi connectivity index (χ0v) is 11.6. The summed E-state index contributed by atoms with van der Waals surface area (Å²) in [6.45, 7) is 6.33. The van der Waals surface area contributed by atoms with Gasteiger partial charge in [0.05, 0.1) is 0 Å². The van der Waals surface area contributed by atoms with E-state index in [1.807, 2.05) is 40.1 Å². The summed E-state index contributed by atoms with van der Waals surface area (Å²) in [5.41, 5.74) is 1.000. The Morgan fingerprint density at radius 1 is 1.26 bits per heavy atom. The van der Waals surface area contributed by atoms with Gasteiger partial charge in [0.15, 0.2) is 0 Å². The SMILES string of the molecule is CCCCN(C(=O)N1CCNCC1)c1ccccc1. The lowest BCUT2D eigenvalue weighted by Gasteiger charge is -2.33. The molecular weight excluding hydrogens is 238 g/mol. The van der Waals surface area contributed by atoms with Gasteiger partial charge in [0.1, 0.15) is 0 Å². The van der Waals surface area contributed by atoms with Crippen LogP contribution in [-0.4, -0.2) is 43.7 Å². The first-order chi connectivity index (χ1) is 9.33. The number of rotatable bonds is 4. The maximum absolute atomic E-state index is 12.6. The molecule has 104 valence electrons. The van der Waals surface area contributed by atoms with E-state index in [-0.39, 0.29) is 6.03 Å². The van der Waals surface area contributed by atoms with E-state index in [2.05, 4.69) is 12.2 Å². The van der Waals surface area contributed by atoms with Crippen molar-refractivity contribution in [1.29, 1.82) is 0 Å². The van der Waals surface area contributed by atoms with Gasteiger partial charge in [0.25, 0.3) is 0 Å². The summed E-state index contributed by atoms with van der Waals surface area (Å²) in [6.07, 6.45) is 2.13. The zero-order valence-electron chi connectivity index (χ0n) is 11.6. The van der Waals surface area contributed by atoms with Gasteiger partial charge in [-0.05, 0) is 18.6 Å². The van der Waals surface area contributed by atoms with Crippen LogP contribution in [-0.2, 0) is 0 Å². The number of carbonyl (C=O) groups excluding carboxylic acids is 1. The van der Waals surface area contributed by atoms with Crippen molar-refractivity contribution in [2.75, 3.05) is 37.6 Å². The molecule has 0 spiro atoms. The van der Waals surface area contributed by atoms with E-state index in [0.717, 1.165) is 51.3 Å². The molecule has 1 aromatic rings. The fraction of sp³-hybridized carbons (Fsp3) is 0.533. The summed E-state index contributed by atoms with van der Waals surface area (Å²) in [5, 5.41) is 3.28. The Morgan fingerprint density at radius 2 is 1.95 bits per heavy atom. The van der Waals surface area contributed by atoms with Crippen molar-refractivity contribution in [3.05, 3.63) is 30.3 Å². The van der Waals surface area contributed by atoms with E-state index in [9.17, 15) is 4.79 Å². The third-order valence-corrected chi connectivity index (χ3v) is 3.42. The molecule has 4 nitrogen and oxygen atoms in total. The molecule has 2 rings (SSSR count). The quantitative estimate of drug-likeness (QED) is 0.903. The summed E-state index contributed by atoms with van der Waals surface area (Å²) in [5.74, 6) is 0. The molecule has 1 aromatic carbocycles. The summed E-state index contributed by atoms with van der Waals surface area (Å²) >= 11 is 0. The van der Waals surface area contributed by atoms with Crippen LogP contribution < -0.4 is 10.2 Å². The van der Waals surface area contributed by atoms with E-state index in [0.29, 0.717) is 0 Å². The normalized spacial score (nSPS) is 15.3. The van der Waals surface area contributed by atoms with Crippen molar-refractivity contribution >= 4 is 11.7 Å². The van der Waals surface area contributed by atoms with Crippen molar-refractivity contribution in [2.24, 2.45) is 0 Å². The first kappa shape index (κ1) is 13.9. The Labute approximate surface area is 115 Å². The number of anilines is 1. The molecule has 0 aliphatic carbocycles. The van der Waals surface area contributed by atoms with E-state index >= 15 is 0 Å². The Hall–Kier alpha value is -1.55. The van der Waals surface area contributed by atoms with Gasteiger partial charge in [-0.25, -0.2) is 4.79 Å². The summed E-state index contributed by atoms with van der Waals surface area (Å²) in [7, 11) is 0. The molecule has 0 unspecified atom stereocenters. The van der Waals surface area contributed by atoms with E-state index in [4.69, 9.17) is 0 Å². The summed E-state index contributed by atoms with van der Waals surface area (Å²) in [4.78, 5) is 16.5. The predicted molar refractivity (Wildman–Crippen MR) is 78.5 cm³/mol. The number of carbonyl (C=O) groups is 1. The second-order valence-electron chi connectivity index (χ2n) is 4.86. The molecule has 0 radical (unpaired) electrons. The number of amides is 2. The zero-order chi connectivity index (χ0) is 13.5. The van der Waals surface area contributed by atoms with Gasteiger partial charge < -0.3 is 10.2 Å². The third kappa shape index (κ3) is 3.70. The Balaban J connectivity index is 2.10. The molecule has 1 saturated heterocycles. The van der Waals surface area contributed by atoms with Crippen molar-refractivity contribution in [3.63, 3.8) is 0 Å². The summed E-state index contributed by atoms with van der Waals surface area (Å²) < 4.78 is 0. The predicted octanol–water partition coefficient (Wildman–Crippen LogP) is 2.32. The largest absolute Gasteiger partial charge is 0.324 e. The van der Waals surface area contributed by atoms with Crippen LogP contribution in [0.15, 0.2) is 30.3 Å². The minimum absolute atomic E-state index is 0.140. The fourth-order valence-corrected chi connectivity index (χ4v) is 2.29. The van der Waals surface area contributed by atoms with Crippen LogP contribution in [0.2, 0.25) is 0 Å². The molecule has 0 bridgehead atoms. The number of nitrogens with zero attached hydrogens (tertiary/aromatic N) is 2. The van der Waals surface area contributed by atoms with Crippen LogP contribution in [0.5, 0.6) is 0 Å². The molecule has 1 fully saturated rings. The number of urea groups is 1. The maximum Gasteiger partial charge on any atom is 0.324 e. The minimum Gasteiger partial charge on any atom is -0.322 e. The van der Waals surface area contributed by atoms with Crippen LogP contribution in [0.25, 0.3) is 0 Å². The van der Waals surface area contributed by atoms with Crippen LogP contribution in [0.4, 0.5) is 10.5 Å². The highest BCUT2D eigenvalue weighted by molar-refractivity contribution is 5.92. The Kier molecular flexibility index (Phi) is 5.21. The van der Waals surface area contributed by atoms with Gasteiger partial charge in [-0.2, -0.15) is 0 Å². The van der Waals surface area contributed by atoms with Gasteiger partial charge >= 0.3 is 6.03 Å². The molecule has 0 saturated carbocycles. The number of para-hydroxylation sites is 1. The van der Waals surface area contributed by atoms with Crippen molar-refractivity contribution < 1.29 is 4.79 Å². The maximum atomic E-state index is 12.6. The fourth-order valence-electron chi connectivity index (χ4n) is 2.29. The van der Waals surface area contributed by atoms with Crippen molar-refractivity contribution in [1.82, 2.24) is 10.2 Å². The molecule has 1 heterocycles. The number of piperazine rings is 1. The lowest BCUT2D eigenvalue weighted by Crippen LogP contribution is -2.51. The first-order valence-electron chi connectivity index (χ1n) is 7.15. The Morgan fingerprint density at radius 3 is 2.58 bits per heavy atom. The van der Waals surface area contributed by atoms with Crippen LogP contribution in [0, 0.1) is 0 Å². The number of unbranched alkanes of at least 4 members (excludes halogenated alkanes) is 1. The smallest absolute Gasteiger partial charge is 0.322 e. The van der Waals surface area contributed by atoms with Gasteiger partial charge in [-0.3, -0.25) is 4.90 Å². The van der Waals surface area contributed by atoms with Crippen LogP contribution in [0.1, 0.15) is 19.8 Å². The van der Waals surface area contributed by atoms with E-state index in [1.165, 1.54) is 0 Å². The molecule has 19 heavy (non-hydrogen) atoms. The summed E-state index contributed by atoms with van der Waals surface area (Å²) in [6, 6.07) is 10.1. The average Bonchev–Trinajstić information content (AvgIpc) is 2.49. The van der Waals surface area contributed by atoms with Gasteiger partial charge in [-0.15, -0.1) is 0 Å². The molecule has 1 N–H and O–H groups in total. The molecule has 4 heteroatoms. The standard InChI is InChI=1S/C15H23N3O/c1-2-3-11-18(14-7-5-4-6-8-14)15(19)17-12-9-16-10-13-17/h4-8,16H,2-3,9-13H2,1H3. The molecule has 0 atom stereocenters. The molecule has 1 aliphatic rings. The second kappa shape index (κ2) is 7.14. The first-order valence-corrected chi connectivity index (χ1v) is 7.15. The van der Waals surface area contributed by atoms with Gasteiger partial charge in [-0.1, -0.05) is 31.5 Å². The van der Waals surface area contributed by atoms with Crippen molar-refractivity contribution in [2.45, 2.75) is 19.8 Å². The van der Waals surface area contributed by atoms with Crippen molar-refractivity contribution in [3.8, 4) is 0 Å². The van der Waals surface area contributed by atoms with Crippen LogP contribution in [0.3, 0.4) is 0 Å². The van der Waals surface area contributed by atoms with Gasteiger partial charge in [0, 0.05) is 38.4 Å². The highest BCUT2D eigenvalue weighted by atomic mass is 16.2. The van der Waals surface area contributed by atoms with Gasteiger partial charge in [0.2, 0.25) is 0 Å². The van der Waals surface area contributed by atoms with Crippen LogP contribution >= 0.6 is 0 Å². The monoisotopic (exact) mass is 261 g/mol. The number of nitrogens with one attached hydrogen (secondary N) is 1. The number of hydrogen-bond donors (Lipinski definition) is 1. The number of benzene rings is 1. The lowest BCUT2D eigenvalue weighted by atomic mass is 10.2. The second-order valence-corrected chi connectivity index (χ2v) is 4.86. The third-order valence-electron chi connectivity index (χ3n) is 3.42. The molecule has 2 amide bonds. The van der Waals surface area contributed by atoms with E-state index in [1.54, 1.807) is 0 Å². The lowest BCUT2D eigenvalue weighted by molar-refractivity contribution is 0.196. The van der Waals surface area contributed by atoms with E-state index < -0.39 is 0 Å². The Bertz CT molecular complexity index is 388. The highest BCUT2D eigenvalue weighted by Crippen LogP contribution is 2.16. The topological polar surface area (TPSA) is 35.6 Å². The average molecular weight is 261 g/mol. The molecule has 0 aromatic heterocycles. The minimum atomic E-state index is 0.140. The molecule has 1 aliphatic heterocycles. The highest BCUT2D eigenvalue weighted by Gasteiger charge is 2.22.